The highest BCUT2D eigenvalue weighted by molar-refractivity contribution is 5.85. The summed E-state index contributed by atoms with van der Waals surface area (Å²) in [7, 11) is 0. The van der Waals surface area contributed by atoms with Crippen LogP contribution in [0.25, 0.3) is 0 Å². The molecular formula is C32H47NO6. The van der Waals surface area contributed by atoms with Crippen molar-refractivity contribution in [2.75, 3.05) is 6.61 Å². The average Bonchev–Trinajstić information content (AvgIpc) is 2.85. The van der Waals surface area contributed by atoms with Gasteiger partial charge < -0.3 is 20.3 Å². The van der Waals surface area contributed by atoms with Crippen molar-refractivity contribution in [3.63, 3.8) is 0 Å². The van der Waals surface area contributed by atoms with Crippen molar-refractivity contribution in [3.8, 4) is 0 Å². The van der Waals surface area contributed by atoms with Gasteiger partial charge in [-0.15, -0.1) is 0 Å². The second-order valence-electron chi connectivity index (χ2n) is 10.7. The molecule has 0 saturated carbocycles. The number of hydrogen-bond acceptors (Lipinski definition) is 6. The Bertz CT molecular complexity index is 1020. The Morgan fingerprint density at radius 2 is 1.79 bits per heavy atom. The minimum absolute atomic E-state index is 0.00126. The summed E-state index contributed by atoms with van der Waals surface area (Å²) >= 11 is 0. The monoisotopic (exact) mass is 541 g/mol. The van der Waals surface area contributed by atoms with Gasteiger partial charge in [-0.1, -0.05) is 80.9 Å². The Morgan fingerprint density at radius 1 is 1.13 bits per heavy atom. The third-order valence-electron chi connectivity index (χ3n) is 6.71. The van der Waals surface area contributed by atoms with Gasteiger partial charge >= 0.3 is 12.1 Å². The SMILES string of the molecule is CC(=C/[C@H](C)C/C=C/C(C)=C/[C@@H](C)C(=O)[C@@H](C)[C@H](O)[C@@H](C)C/C(C)=C/COC(N)=O)/C=C/[C@H]1CC=CC(=O)O1. The topological polar surface area (TPSA) is 116 Å². The number of ketones is 1. The highest BCUT2D eigenvalue weighted by Gasteiger charge is 2.29. The molecule has 6 atom stereocenters. The highest BCUT2D eigenvalue weighted by atomic mass is 16.5. The molecule has 0 bridgehead atoms. The van der Waals surface area contributed by atoms with Gasteiger partial charge in [0.2, 0.25) is 0 Å². The summed E-state index contributed by atoms with van der Waals surface area (Å²) in [5.41, 5.74) is 8.03. The number of aliphatic hydroxyl groups excluding tert-OH is 1. The second-order valence-corrected chi connectivity index (χ2v) is 10.7. The molecule has 0 aromatic rings. The van der Waals surface area contributed by atoms with Crippen molar-refractivity contribution in [1.29, 1.82) is 0 Å². The fourth-order valence-corrected chi connectivity index (χ4v) is 4.54. The number of cyclic esters (lactones) is 1. The summed E-state index contributed by atoms with van der Waals surface area (Å²) in [5, 5.41) is 10.8. The maximum Gasteiger partial charge on any atom is 0.404 e. The van der Waals surface area contributed by atoms with Gasteiger partial charge in [0.15, 0.2) is 0 Å². The molecule has 1 aliphatic heterocycles. The lowest BCUT2D eigenvalue weighted by Crippen LogP contribution is -2.34. The smallest absolute Gasteiger partial charge is 0.404 e. The molecule has 0 aliphatic carbocycles. The van der Waals surface area contributed by atoms with Crippen LogP contribution in [0.15, 0.2) is 71.4 Å². The molecule has 0 saturated heterocycles. The molecule has 0 fully saturated rings. The van der Waals surface area contributed by atoms with E-state index in [1.54, 1.807) is 13.0 Å². The van der Waals surface area contributed by atoms with Crippen LogP contribution in [0.2, 0.25) is 0 Å². The van der Waals surface area contributed by atoms with E-state index in [1.807, 2.05) is 65.0 Å². The van der Waals surface area contributed by atoms with Gasteiger partial charge in [0.25, 0.3) is 0 Å². The fourth-order valence-electron chi connectivity index (χ4n) is 4.54. The first kappa shape index (κ1) is 33.8. The Kier molecular flexibility index (Phi) is 15.1. The first-order valence-electron chi connectivity index (χ1n) is 13.7. The second kappa shape index (κ2) is 17.4. The molecule has 3 N–H and O–H groups in total. The number of primary amides is 1. The van der Waals surface area contributed by atoms with Crippen LogP contribution >= 0.6 is 0 Å². The van der Waals surface area contributed by atoms with Crippen LogP contribution in [-0.2, 0) is 19.1 Å². The van der Waals surface area contributed by atoms with E-state index in [2.05, 4.69) is 19.1 Å². The Balaban J connectivity index is 2.58. The van der Waals surface area contributed by atoms with E-state index in [0.29, 0.717) is 18.8 Å². The summed E-state index contributed by atoms with van der Waals surface area (Å²) in [6, 6.07) is 0. The van der Waals surface area contributed by atoms with Gasteiger partial charge in [0.05, 0.1) is 6.10 Å². The fraction of sp³-hybridized carbons (Fsp3) is 0.531. The summed E-state index contributed by atoms with van der Waals surface area (Å²) in [6.07, 6.45) is 17.5. The van der Waals surface area contributed by atoms with Crippen LogP contribution in [-0.4, -0.2) is 41.8 Å². The van der Waals surface area contributed by atoms with E-state index in [1.165, 1.54) is 6.08 Å². The van der Waals surface area contributed by atoms with Gasteiger partial charge in [0.1, 0.15) is 18.5 Å². The van der Waals surface area contributed by atoms with Crippen molar-refractivity contribution in [1.82, 2.24) is 0 Å². The number of amides is 1. The van der Waals surface area contributed by atoms with Crippen molar-refractivity contribution in [2.24, 2.45) is 29.4 Å². The normalized spacial score (nSPS) is 21.0. The first-order chi connectivity index (χ1) is 18.3. The minimum atomic E-state index is -0.827. The molecule has 7 nitrogen and oxygen atoms in total. The van der Waals surface area contributed by atoms with E-state index in [9.17, 15) is 19.5 Å². The summed E-state index contributed by atoms with van der Waals surface area (Å²) < 4.78 is 9.95. The maximum atomic E-state index is 13.0. The molecule has 216 valence electrons. The maximum absolute atomic E-state index is 13.0. The Labute approximate surface area is 234 Å². The third kappa shape index (κ3) is 14.0. The van der Waals surface area contributed by atoms with Crippen molar-refractivity contribution < 1.29 is 29.0 Å². The van der Waals surface area contributed by atoms with E-state index < -0.39 is 18.1 Å². The number of allylic oxidation sites excluding steroid dienone is 8. The zero-order valence-corrected chi connectivity index (χ0v) is 24.6. The number of nitrogens with two attached hydrogens (primary N) is 1. The summed E-state index contributed by atoms with van der Waals surface area (Å²) in [6.45, 7) is 13.7. The molecule has 39 heavy (non-hydrogen) atoms. The number of carbonyl (C=O) groups is 3. The van der Waals surface area contributed by atoms with Crippen LogP contribution in [0.4, 0.5) is 4.79 Å². The van der Waals surface area contributed by atoms with Crippen LogP contribution in [0, 0.1) is 23.7 Å². The molecule has 1 amide bonds. The zero-order valence-electron chi connectivity index (χ0n) is 24.6. The van der Waals surface area contributed by atoms with Gasteiger partial charge in [-0.05, 0) is 57.6 Å². The predicted octanol–water partition coefficient (Wildman–Crippen LogP) is 6.16. The van der Waals surface area contributed by atoms with Gasteiger partial charge in [-0.25, -0.2) is 9.59 Å². The number of esters is 1. The number of carbonyl (C=O) groups excluding carboxylic acids is 3. The largest absolute Gasteiger partial charge is 0.455 e. The third-order valence-corrected chi connectivity index (χ3v) is 6.71. The first-order valence-corrected chi connectivity index (χ1v) is 13.7. The van der Waals surface area contributed by atoms with Crippen molar-refractivity contribution in [3.05, 3.63) is 71.4 Å². The lowest BCUT2D eigenvalue weighted by Gasteiger charge is -2.26. The molecule has 0 aromatic carbocycles. The summed E-state index contributed by atoms with van der Waals surface area (Å²) in [5.74, 6) is -0.938. The van der Waals surface area contributed by atoms with Crippen molar-refractivity contribution in [2.45, 2.75) is 79.9 Å². The van der Waals surface area contributed by atoms with Crippen LogP contribution < -0.4 is 5.73 Å². The highest BCUT2D eigenvalue weighted by Crippen LogP contribution is 2.24. The van der Waals surface area contributed by atoms with Crippen molar-refractivity contribution >= 4 is 17.8 Å². The van der Waals surface area contributed by atoms with Gasteiger partial charge in [0, 0.05) is 24.3 Å². The molecule has 0 radical (unpaired) electrons. The quantitative estimate of drug-likeness (QED) is 0.146. The van der Waals surface area contributed by atoms with Crippen LogP contribution in [0.5, 0.6) is 0 Å². The number of aliphatic hydroxyl groups is 1. The molecular weight excluding hydrogens is 494 g/mol. The average molecular weight is 542 g/mol. The molecule has 1 heterocycles. The molecule has 1 aliphatic rings. The minimum Gasteiger partial charge on any atom is -0.455 e. The van der Waals surface area contributed by atoms with Crippen LogP contribution in [0.1, 0.15) is 67.7 Å². The number of hydrogen-bond donors (Lipinski definition) is 2. The van der Waals surface area contributed by atoms with Gasteiger partial charge in [-0.2, -0.15) is 0 Å². The van der Waals surface area contributed by atoms with E-state index in [4.69, 9.17) is 15.2 Å². The predicted molar refractivity (Wildman–Crippen MR) is 156 cm³/mol. The zero-order chi connectivity index (χ0) is 29.5. The summed E-state index contributed by atoms with van der Waals surface area (Å²) in [4.78, 5) is 35.0. The molecule has 7 heteroatoms. The molecule has 0 aromatic heterocycles. The standard InChI is InChI=1S/C32H47NO6/c1-21(18-23(3)14-15-28-12-9-13-29(34)39-28)10-8-11-22(2)19-25(5)30(35)27(7)31(36)26(6)20-24(4)16-17-38-32(33)37/h8-9,11,13-16,18-19,21,25-28,31,36H,10,12,17,20H2,1-7H3,(H2,33,37)/b11-8+,15-14+,22-19+,23-18-,24-16+/t21-,25-,26+,27-,28-,31-/m1/s1. The molecule has 0 unspecified atom stereocenters. The van der Waals surface area contributed by atoms with Gasteiger partial charge in [-0.3, -0.25) is 4.79 Å². The Hall–Kier alpha value is -3.19. The lowest BCUT2D eigenvalue weighted by atomic mass is 9.83. The molecule has 1 rings (SSSR count). The molecule has 0 spiro atoms. The van der Waals surface area contributed by atoms with E-state index in [-0.39, 0.29) is 36.3 Å². The number of Topliss-reactive ketones (excluding diaryl/α,β-unsaturated/α-hetero) is 1. The van der Waals surface area contributed by atoms with E-state index >= 15 is 0 Å². The number of ether oxygens (including phenoxy) is 2. The lowest BCUT2D eigenvalue weighted by molar-refractivity contribution is -0.141. The Morgan fingerprint density at radius 3 is 2.44 bits per heavy atom. The van der Waals surface area contributed by atoms with Crippen LogP contribution in [0.3, 0.4) is 0 Å². The number of rotatable bonds is 15. The van der Waals surface area contributed by atoms with E-state index in [0.717, 1.165) is 23.1 Å².